The quantitative estimate of drug-likeness (QED) is 0.637. The van der Waals surface area contributed by atoms with Crippen molar-refractivity contribution < 1.29 is 14.7 Å². The van der Waals surface area contributed by atoms with Crippen LogP contribution in [-0.4, -0.2) is 41.0 Å². The summed E-state index contributed by atoms with van der Waals surface area (Å²) in [6.45, 7) is 3.88. The fourth-order valence-corrected chi connectivity index (χ4v) is 1.22. The van der Waals surface area contributed by atoms with Crippen LogP contribution in [0.2, 0.25) is 0 Å². The maximum Gasteiger partial charge on any atom is 0.304 e. The predicted octanol–water partition coefficient (Wildman–Crippen LogP) is 0.0453. The first-order valence-corrected chi connectivity index (χ1v) is 4.56. The highest BCUT2D eigenvalue weighted by Gasteiger charge is 2.21. The standard InChI is InChI=1S/C9H18N2O3/c1-6(2)11(3)7(4-8(10)12)5-9(13)14/h6-7H,4-5H2,1-3H3,(H2,10,12)(H,13,14). The second kappa shape index (κ2) is 5.59. The van der Waals surface area contributed by atoms with E-state index in [4.69, 9.17) is 10.8 Å². The van der Waals surface area contributed by atoms with Gasteiger partial charge in [-0.2, -0.15) is 0 Å². The average Bonchev–Trinajstić information content (AvgIpc) is 1.99. The van der Waals surface area contributed by atoms with Crippen molar-refractivity contribution in [1.82, 2.24) is 4.90 Å². The number of carboxylic acid groups (broad SMARTS) is 1. The van der Waals surface area contributed by atoms with Crippen LogP contribution in [0.1, 0.15) is 26.7 Å². The molecule has 0 aliphatic rings. The smallest absolute Gasteiger partial charge is 0.304 e. The van der Waals surface area contributed by atoms with Crippen LogP contribution in [-0.2, 0) is 9.59 Å². The minimum absolute atomic E-state index is 0.0579. The van der Waals surface area contributed by atoms with Crippen molar-refractivity contribution in [3.05, 3.63) is 0 Å². The largest absolute Gasteiger partial charge is 0.481 e. The summed E-state index contributed by atoms with van der Waals surface area (Å²) in [6, 6.07) is -0.122. The molecule has 0 fully saturated rings. The first kappa shape index (κ1) is 12.9. The number of rotatable bonds is 6. The van der Waals surface area contributed by atoms with Crippen molar-refractivity contribution in [3.8, 4) is 0 Å². The molecule has 0 spiro atoms. The van der Waals surface area contributed by atoms with E-state index in [1.807, 2.05) is 18.7 Å². The fourth-order valence-electron chi connectivity index (χ4n) is 1.22. The summed E-state index contributed by atoms with van der Waals surface area (Å²) in [5.74, 6) is -1.38. The molecular weight excluding hydrogens is 184 g/mol. The van der Waals surface area contributed by atoms with Gasteiger partial charge in [0, 0.05) is 18.5 Å². The van der Waals surface area contributed by atoms with Gasteiger partial charge < -0.3 is 10.8 Å². The van der Waals surface area contributed by atoms with Gasteiger partial charge in [0.25, 0.3) is 0 Å². The molecule has 1 atom stereocenters. The number of hydrogen-bond donors (Lipinski definition) is 2. The number of nitrogens with zero attached hydrogens (tertiary/aromatic N) is 1. The zero-order valence-corrected chi connectivity index (χ0v) is 8.86. The molecule has 3 N–H and O–H groups in total. The topological polar surface area (TPSA) is 83.6 Å². The maximum absolute atomic E-state index is 10.7. The maximum atomic E-state index is 10.7. The summed E-state index contributed by atoms with van der Waals surface area (Å²) in [4.78, 5) is 23.1. The van der Waals surface area contributed by atoms with Gasteiger partial charge in [-0.05, 0) is 20.9 Å². The van der Waals surface area contributed by atoms with Crippen LogP contribution in [0.15, 0.2) is 0 Å². The number of carboxylic acids is 1. The van der Waals surface area contributed by atoms with Crippen LogP contribution in [0.4, 0.5) is 0 Å². The molecule has 82 valence electrons. The summed E-state index contributed by atoms with van der Waals surface area (Å²) in [6.07, 6.45) is 0.0264. The Balaban J connectivity index is 4.37. The molecule has 0 rings (SSSR count). The van der Waals surface area contributed by atoms with Crippen molar-refractivity contribution in [2.45, 2.75) is 38.8 Å². The average molecular weight is 202 g/mol. The van der Waals surface area contributed by atoms with Crippen molar-refractivity contribution in [3.63, 3.8) is 0 Å². The summed E-state index contributed by atoms with van der Waals surface area (Å²) in [5, 5.41) is 8.65. The highest BCUT2D eigenvalue weighted by atomic mass is 16.4. The zero-order chi connectivity index (χ0) is 11.3. The Hall–Kier alpha value is -1.10. The number of hydrogen-bond acceptors (Lipinski definition) is 3. The van der Waals surface area contributed by atoms with E-state index < -0.39 is 11.9 Å². The lowest BCUT2D eigenvalue weighted by Crippen LogP contribution is -2.41. The number of aliphatic carboxylic acids is 1. The number of primary amides is 1. The molecule has 1 amide bonds. The molecular formula is C9H18N2O3. The third-order valence-corrected chi connectivity index (χ3v) is 2.24. The number of amides is 1. The van der Waals surface area contributed by atoms with Crippen LogP contribution >= 0.6 is 0 Å². The van der Waals surface area contributed by atoms with E-state index in [9.17, 15) is 9.59 Å². The highest BCUT2D eigenvalue weighted by Crippen LogP contribution is 2.10. The molecule has 0 radical (unpaired) electrons. The van der Waals surface area contributed by atoms with Crippen LogP contribution < -0.4 is 5.73 Å². The van der Waals surface area contributed by atoms with E-state index in [0.717, 1.165) is 0 Å². The lowest BCUT2D eigenvalue weighted by molar-refractivity contribution is -0.138. The van der Waals surface area contributed by atoms with Gasteiger partial charge in [-0.3, -0.25) is 14.5 Å². The molecule has 5 nitrogen and oxygen atoms in total. The van der Waals surface area contributed by atoms with Crippen molar-refractivity contribution >= 4 is 11.9 Å². The van der Waals surface area contributed by atoms with Gasteiger partial charge in [0.2, 0.25) is 5.91 Å². The first-order chi connectivity index (χ1) is 6.34. The third-order valence-electron chi connectivity index (χ3n) is 2.24. The molecule has 14 heavy (non-hydrogen) atoms. The van der Waals surface area contributed by atoms with Crippen molar-refractivity contribution in [2.24, 2.45) is 5.73 Å². The molecule has 5 heteroatoms. The monoisotopic (exact) mass is 202 g/mol. The molecule has 0 aromatic heterocycles. The van der Waals surface area contributed by atoms with Crippen molar-refractivity contribution in [1.29, 1.82) is 0 Å². The van der Waals surface area contributed by atoms with Gasteiger partial charge >= 0.3 is 5.97 Å². The Kier molecular flexibility index (Phi) is 5.15. The SMILES string of the molecule is CC(C)N(C)C(CC(N)=O)CC(=O)O. The van der Waals surface area contributed by atoms with Gasteiger partial charge in [0.05, 0.1) is 6.42 Å². The fraction of sp³-hybridized carbons (Fsp3) is 0.778. The van der Waals surface area contributed by atoms with Gasteiger partial charge in [0.15, 0.2) is 0 Å². The van der Waals surface area contributed by atoms with Gasteiger partial charge in [-0.15, -0.1) is 0 Å². The zero-order valence-electron chi connectivity index (χ0n) is 8.86. The third kappa shape index (κ3) is 4.81. The van der Waals surface area contributed by atoms with E-state index in [2.05, 4.69) is 0 Å². The Labute approximate surface area is 83.9 Å². The molecule has 0 aliphatic carbocycles. The molecule has 0 saturated heterocycles. The normalized spacial score (nSPS) is 13.2. The van der Waals surface area contributed by atoms with Crippen LogP contribution in [0.5, 0.6) is 0 Å². The second-order valence-electron chi connectivity index (χ2n) is 3.68. The summed E-state index contributed by atoms with van der Waals surface area (Å²) < 4.78 is 0. The van der Waals surface area contributed by atoms with Crippen LogP contribution in [0.25, 0.3) is 0 Å². The van der Waals surface area contributed by atoms with E-state index in [0.29, 0.717) is 0 Å². The van der Waals surface area contributed by atoms with E-state index in [1.165, 1.54) is 0 Å². The molecule has 0 heterocycles. The number of carbonyl (C=O) groups is 2. The van der Waals surface area contributed by atoms with Crippen LogP contribution in [0.3, 0.4) is 0 Å². The van der Waals surface area contributed by atoms with Gasteiger partial charge in [-0.25, -0.2) is 0 Å². The highest BCUT2D eigenvalue weighted by molar-refractivity contribution is 5.76. The lowest BCUT2D eigenvalue weighted by atomic mass is 10.1. The lowest BCUT2D eigenvalue weighted by Gasteiger charge is -2.29. The molecule has 0 aromatic carbocycles. The van der Waals surface area contributed by atoms with E-state index in [1.54, 1.807) is 7.05 Å². The predicted molar refractivity (Wildman–Crippen MR) is 52.8 cm³/mol. The molecule has 0 saturated carbocycles. The van der Waals surface area contributed by atoms with Crippen LogP contribution in [0, 0.1) is 0 Å². The minimum Gasteiger partial charge on any atom is -0.481 e. The van der Waals surface area contributed by atoms with E-state index >= 15 is 0 Å². The molecule has 0 aliphatic heterocycles. The molecule has 1 unspecified atom stereocenters. The minimum atomic E-state index is -0.913. The Bertz CT molecular complexity index is 200. The molecule has 0 aromatic rings. The summed E-state index contributed by atoms with van der Waals surface area (Å²) >= 11 is 0. The number of nitrogens with two attached hydrogens (primary N) is 1. The molecule has 0 bridgehead atoms. The summed E-state index contributed by atoms with van der Waals surface area (Å²) in [7, 11) is 1.79. The Morgan fingerprint density at radius 2 is 1.86 bits per heavy atom. The van der Waals surface area contributed by atoms with Gasteiger partial charge in [0.1, 0.15) is 0 Å². The Morgan fingerprint density at radius 1 is 1.36 bits per heavy atom. The number of carbonyl (C=O) groups excluding carboxylic acids is 1. The summed E-state index contributed by atoms with van der Waals surface area (Å²) in [5.41, 5.74) is 5.05. The first-order valence-electron chi connectivity index (χ1n) is 4.56. The van der Waals surface area contributed by atoms with Crippen molar-refractivity contribution in [2.75, 3.05) is 7.05 Å². The van der Waals surface area contributed by atoms with Gasteiger partial charge in [-0.1, -0.05) is 0 Å². The van der Waals surface area contributed by atoms with E-state index in [-0.39, 0.29) is 24.9 Å². The Morgan fingerprint density at radius 3 is 2.14 bits per heavy atom. The second-order valence-corrected chi connectivity index (χ2v) is 3.68.